The average Bonchev–Trinajstić information content (AvgIpc) is 2.93. The van der Waals surface area contributed by atoms with Crippen molar-refractivity contribution in [3.8, 4) is 0 Å². The minimum Gasteiger partial charge on any atom is -0.371 e. The minimum atomic E-state index is -0.949. The lowest BCUT2D eigenvalue weighted by Gasteiger charge is -2.21. The summed E-state index contributed by atoms with van der Waals surface area (Å²) in [6.45, 7) is 2.83. The maximum Gasteiger partial charge on any atom is 0.315 e. The van der Waals surface area contributed by atoms with Gasteiger partial charge in [-0.25, -0.2) is 4.79 Å². The second-order valence-electron chi connectivity index (χ2n) is 5.40. The van der Waals surface area contributed by atoms with Gasteiger partial charge in [-0.05, 0) is 31.0 Å². The maximum atomic E-state index is 12.0. The van der Waals surface area contributed by atoms with Crippen molar-refractivity contribution in [1.29, 1.82) is 0 Å². The third kappa shape index (κ3) is 4.69. The number of hydrogen-bond acceptors (Lipinski definition) is 3. The third-order valence-electron chi connectivity index (χ3n) is 3.72. The second-order valence-corrected chi connectivity index (χ2v) is 7.64. The molecule has 0 saturated carbocycles. The van der Waals surface area contributed by atoms with Crippen LogP contribution < -0.4 is 10.6 Å². The Morgan fingerprint density at radius 1 is 1.45 bits per heavy atom. The molecule has 0 bridgehead atoms. The van der Waals surface area contributed by atoms with Crippen LogP contribution in [0.2, 0.25) is 5.02 Å². The number of hydrogen-bond donors (Lipinski definition) is 2. The van der Waals surface area contributed by atoms with Gasteiger partial charge in [-0.2, -0.15) is 0 Å². The predicted octanol–water partition coefficient (Wildman–Crippen LogP) is 2.24. The highest BCUT2D eigenvalue weighted by molar-refractivity contribution is 7.84. The van der Waals surface area contributed by atoms with Crippen LogP contribution in [-0.4, -0.2) is 40.9 Å². The van der Waals surface area contributed by atoms with E-state index in [1.807, 2.05) is 31.2 Å². The third-order valence-corrected chi connectivity index (χ3v) is 5.28. The number of nitrogens with one attached hydrogen (secondary N) is 2. The molecule has 4 atom stereocenters. The number of amides is 2. The van der Waals surface area contributed by atoms with Crippen molar-refractivity contribution in [1.82, 2.24) is 10.6 Å². The van der Waals surface area contributed by atoms with E-state index in [-0.39, 0.29) is 23.4 Å². The Kier molecular flexibility index (Phi) is 6.23. The Labute approximate surface area is 138 Å². The summed E-state index contributed by atoms with van der Waals surface area (Å²) in [5.74, 6) is 0. The molecule has 1 aromatic carbocycles. The molecule has 2 N–H and O–H groups in total. The summed E-state index contributed by atoms with van der Waals surface area (Å²) in [4.78, 5) is 12.0. The molecule has 0 unspecified atom stereocenters. The van der Waals surface area contributed by atoms with Crippen molar-refractivity contribution in [2.24, 2.45) is 0 Å². The molecule has 1 saturated heterocycles. The van der Waals surface area contributed by atoms with E-state index in [0.717, 1.165) is 12.0 Å². The van der Waals surface area contributed by atoms with E-state index >= 15 is 0 Å². The Balaban J connectivity index is 1.89. The molecule has 1 aliphatic rings. The number of carbonyl (C=O) groups is 1. The first-order chi connectivity index (χ1) is 10.5. The van der Waals surface area contributed by atoms with Crippen molar-refractivity contribution in [3.05, 3.63) is 34.9 Å². The van der Waals surface area contributed by atoms with Crippen molar-refractivity contribution < 1.29 is 13.7 Å². The molecule has 2 rings (SSSR count). The van der Waals surface area contributed by atoms with Gasteiger partial charge < -0.3 is 15.4 Å². The molecule has 1 aliphatic heterocycles. The Morgan fingerprint density at radius 3 is 2.77 bits per heavy atom. The normalized spacial score (nSPS) is 23.8. The molecule has 0 aliphatic carbocycles. The summed E-state index contributed by atoms with van der Waals surface area (Å²) >= 11 is 5.89. The summed E-state index contributed by atoms with van der Waals surface area (Å²) in [5, 5.41) is 6.28. The Morgan fingerprint density at radius 2 is 2.14 bits per heavy atom. The zero-order valence-corrected chi connectivity index (χ0v) is 14.2. The summed E-state index contributed by atoms with van der Waals surface area (Å²) in [7, 11) is -0.949. The number of urea groups is 1. The summed E-state index contributed by atoms with van der Waals surface area (Å²) < 4.78 is 17.0. The van der Waals surface area contributed by atoms with Gasteiger partial charge in [-0.1, -0.05) is 23.7 Å². The van der Waals surface area contributed by atoms with Crippen molar-refractivity contribution in [2.45, 2.75) is 30.7 Å². The minimum absolute atomic E-state index is 0.0716. The first-order valence-corrected chi connectivity index (χ1v) is 9.21. The Bertz CT molecular complexity index is 538. The largest absolute Gasteiger partial charge is 0.371 e. The van der Waals surface area contributed by atoms with Crippen molar-refractivity contribution >= 4 is 28.4 Å². The van der Waals surface area contributed by atoms with Gasteiger partial charge in [0, 0.05) is 40.5 Å². The van der Waals surface area contributed by atoms with Gasteiger partial charge in [-0.15, -0.1) is 0 Å². The monoisotopic (exact) mass is 344 g/mol. The molecular formula is C15H21ClN2O3S. The smallest absolute Gasteiger partial charge is 0.315 e. The van der Waals surface area contributed by atoms with Gasteiger partial charge in [0.2, 0.25) is 0 Å². The topological polar surface area (TPSA) is 67.4 Å². The molecule has 0 radical (unpaired) electrons. The average molecular weight is 345 g/mol. The van der Waals surface area contributed by atoms with Crippen LogP contribution in [0.5, 0.6) is 0 Å². The SMILES string of the molecule is C[C@H](CNC(=O)N[C@@H]1CCO[C@@H]1c1ccc(Cl)cc1)[S@@](C)=O. The maximum absolute atomic E-state index is 12.0. The predicted molar refractivity (Wildman–Crippen MR) is 88.6 cm³/mol. The fourth-order valence-electron chi connectivity index (χ4n) is 2.29. The van der Waals surface area contributed by atoms with Gasteiger partial charge in [0.25, 0.3) is 0 Å². The molecule has 0 aromatic heterocycles. The van der Waals surface area contributed by atoms with Gasteiger partial charge in [-0.3, -0.25) is 4.21 Å². The van der Waals surface area contributed by atoms with E-state index in [9.17, 15) is 9.00 Å². The molecule has 7 heteroatoms. The van der Waals surface area contributed by atoms with E-state index in [2.05, 4.69) is 10.6 Å². The fraction of sp³-hybridized carbons (Fsp3) is 0.533. The first kappa shape index (κ1) is 17.2. The van der Waals surface area contributed by atoms with Crippen LogP contribution >= 0.6 is 11.6 Å². The number of benzene rings is 1. The number of rotatable bonds is 5. The van der Waals surface area contributed by atoms with Crippen LogP contribution in [0.1, 0.15) is 25.0 Å². The first-order valence-electron chi connectivity index (χ1n) is 7.21. The molecule has 1 fully saturated rings. The summed E-state index contributed by atoms with van der Waals surface area (Å²) in [6.07, 6.45) is 2.22. The van der Waals surface area contributed by atoms with Gasteiger partial charge >= 0.3 is 6.03 Å². The fourth-order valence-corrected chi connectivity index (χ4v) is 2.74. The van der Waals surface area contributed by atoms with Crippen LogP contribution in [0.25, 0.3) is 0 Å². The van der Waals surface area contributed by atoms with Crippen molar-refractivity contribution in [3.63, 3.8) is 0 Å². The standard InChI is InChI=1S/C15H21ClN2O3S/c1-10(22(2)20)9-17-15(19)18-13-7-8-21-14(13)11-3-5-12(16)6-4-11/h3-6,10,13-14H,7-9H2,1-2H3,(H2,17,18,19)/t10-,13-,14-,22-/m1/s1. The van der Waals surface area contributed by atoms with E-state index in [1.165, 1.54) is 0 Å². The number of halogens is 1. The van der Waals surface area contributed by atoms with Crippen molar-refractivity contribution in [2.75, 3.05) is 19.4 Å². The number of ether oxygens (including phenoxy) is 1. The molecule has 22 heavy (non-hydrogen) atoms. The lowest BCUT2D eigenvalue weighted by molar-refractivity contribution is 0.0999. The van der Waals surface area contributed by atoms with Gasteiger partial charge in [0.05, 0.1) is 6.04 Å². The van der Waals surface area contributed by atoms with E-state index in [4.69, 9.17) is 16.3 Å². The highest BCUT2D eigenvalue weighted by atomic mass is 35.5. The molecule has 122 valence electrons. The lowest BCUT2D eigenvalue weighted by Crippen LogP contribution is -2.45. The van der Waals surface area contributed by atoms with Gasteiger partial charge in [0.1, 0.15) is 6.10 Å². The van der Waals surface area contributed by atoms with Crippen LogP contribution in [0.4, 0.5) is 4.79 Å². The zero-order chi connectivity index (χ0) is 16.1. The zero-order valence-electron chi connectivity index (χ0n) is 12.7. The van der Waals surface area contributed by atoms with Crippen LogP contribution in [0.3, 0.4) is 0 Å². The van der Waals surface area contributed by atoms with E-state index in [1.54, 1.807) is 6.26 Å². The quantitative estimate of drug-likeness (QED) is 0.860. The van der Waals surface area contributed by atoms with Crippen LogP contribution in [0.15, 0.2) is 24.3 Å². The molecule has 2 amide bonds. The highest BCUT2D eigenvalue weighted by Gasteiger charge is 2.30. The molecular weight excluding hydrogens is 324 g/mol. The molecule has 1 heterocycles. The molecule has 5 nitrogen and oxygen atoms in total. The van der Waals surface area contributed by atoms with E-state index < -0.39 is 10.8 Å². The Hall–Kier alpha value is -1.11. The molecule has 0 spiro atoms. The second kappa shape index (κ2) is 7.94. The lowest BCUT2D eigenvalue weighted by atomic mass is 10.0. The summed E-state index contributed by atoms with van der Waals surface area (Å²) in [5.41, 5.74) is 0.996. The highest BCUT2D eigenvalue weighted by Crippen LogP contribution is 2.29. The van der Waals surface area contributed by atoms with E-state index in [0.29, 0.717) is 18.2 Å². The summed E-state index contributed by atoms with van der Waals surface area (Å²) in [6, 6.07) is 7.11. The number of carbonyl (C=O) groups excluding carboxylic acids is 1. The molecule has 1 aromatic rings. The van der Waals surface area contributed by atoms with Gasteiger partial charge in [0.15, 0.2) is 0 Å². The van der Waals surface area contributed by atoms with Crippen LogP contribution in [0, 0.1) is 0 Å². The van der Waals surface area contributed by atoms with Crippen LogP contribution in [-0.2, 0) is 15.5 Å².